The smallest absolute Gasteiger partial charge is 0.236 e. The van der Waals surface area contributed by atoms with Gasteiger partial charge in [0.15, 0.2) is 17.1 Å². The molecule has 0 radical (unpaired) electrons. The van der Waals surface area contributed by atoms with E-state index in [1.165, 1.54) is 0 Å². The second-order valence-electron chi connectivity index (χ2n) is 8.90. The molecule has 0 atom stereocenters. The number of aromatic nitrogens is 4. The Kier molecular flexibility index (Phi) is 5.53. The zero-order valence-electron chi connectivity index (χ0n) is 19.6. The van der Waals surface area contributed by atoms with Gasteiger partial charge in [-0.25, -0.2) is 4.98 Å². The average Bonchev–Trinajstić information content (AvgIpc) is 3.47. The molecule has 3 aromatic rings. The first-order chi connectivity index (χ1) is 17.1. The summed E-state index contributed by atoms with van der Waals surface area (Å²) < 4.78 is 18.0. The lowest BCUT2D eigenvalue weighted by Crippen LogP contribution is -2.51. The Hall–Kier alpha value is -3.64. The molecule has 0 bridgehead atoms. The maximum Gasteiger partial charge on any atom is 0.236 e. The van der Waals surface area contributed by atoms with Gasteiger partial charge < -0.3 is 29.7 Å². The second-order valence-corrected chi connectivity index (χ2v) is 8.90. The number of nitrogens with zero attached hydrogens (tertiary/aromatic N) is 7. The van der Waals surface area contributed by atoms with Gasteiger partial charge in [-0.15, -0.1) is 0 Å². The molecular weight excluding hydrogens is 452 g/mol. The standard InChI is InChI=1S/C23H28N8O4/c1-28-21(24)19-20(15-2-3-16-17(12-15)35-14-34-16)25-23(26-22(19)27-28)31-6-4-29(5-7-31)13-18(32)30-8-10-33-11-9-30/h2-3,12H,4-11,13-14,24H2,1H3. The Bertz CT molecular complexity index is 1260. The molecule has 5 heterocycles. The van der Waals surface area contributed by atoms with Gasteiger partial charge in [0, 0.05) is 51.9 Å². The molecule has 2 N–H and O–H groups in total. The third-order valence-electron chi connectivity index (χ3n) is 6.75. The first-order valence-electron chi connectivity index (χ1n) is 11.8. The van der Waals surface area contributed by atoms with Crippen molar-refractivity contribution >= 4 is 28.7 Å². The Morgan fingerprint density at radius 2 is 1.80 bits per heavy atom. The quantitative estimate of drug-likeness (QED) is 0.558. The summed E-state index contributed by atoms with van der Waals surface area (Å²) in [5, 5.41) is 5.23. The van der Waals surface area contributed by atoms with Gasteiger partial charge in [-0.05, 0) is 18.2 Å². The summed E-state index contributed by atoms with van der Waals surface area (Å²) in [7, 11) is 1.80. The molecule has 6 rings (SSSR count). The van der Waals surface area contributed by atoms with Crippen LogP contribution in [-0.4, -0.2) is 101 Å². The number of rotatable bonds is 4. The van der Waals surface area contributed by atoms with Gasteiger partial charge in [0.1, 0.15) is 5.82 Å². The maximum atomic E-state index is 12.6. The SMILES string of the molecule is Cn1nc2nc(N3CCN(CC(=O)N4CCOCC4)CC3)nc(-c3ccc4c(c3)OCO4)c2c1N. The minimum atomic E-state index is 0.161. The van der Waals surface area contributed by atoms with E-state index in [1.807, 2.05) is 23.1 Å². The van der Waals surface area contributed by atoms with E-state index in [-0.39, 0.29) is 12.7 Å². The van der Waals surface area contributed by atoms with Crippen LogP contribution in [0, 0.1) is 0 Å². The van der Waals surface area contributed by atoms with Crippen LogP contribution in [0.1, 0.15) is 0 Å². The minimum Gasteiger partial charge on any atom is -0.454 e. The number of hydrogen-bond donors (Lipinski definition) is 1. The van der Waals surface area contributed by atoms with Gasteiger partial charge >= 0.3 is 0 Å². The number of anilines is 2. The molecule has 3 aliphatic heterocycles. The molecule has 1 aromatic carbocycles. The van der Waals surface area contributed by atoms with Crippen LogP contribution in [0.15, 0.2) is 18.2 Å². The van der Waals surface area contributed by atoms with Crippen LogP contribution in [0.3, 0.4) is 0 Å². The van der Waals surface area contributed by atoms with Crippen molar-refractivity contribution in [2.24, 2.45) is 7.05 Å². The van der Waals surface area contributed by atoms with Crippen LogP contribution in [-0.2, 0) is 16.6 Å². The Morgan fingerprint density at radius 3 is 2.60 bits per heavy atom. The fourth-order valence-electron chi connectivity index (χ4n) is 4.71. The fraction of sp³-hybridized carbons (Fsp3) is 0.478. The number of ether oxygens (including phenoxy) is 3. The predicted molar refractivity (Wildman–Crippen MR) is 128 cm³/mol. The van der Waals surface area contributed by atoms with Gasteiger partial charge in [-0.3, -0.25) is 14.4 Å². The van der Waals surface area contributed by atoms with Crippen molar-refractivity contribution in [3.05, 3.63) is 18.2 Å². The van der Waals surface area contributed by atoms with E-state index in [4.69, 9.17) is 29.9 Å². The summed E-state index contributed by atoms with van der Waals surface area (Å²) in [6, 6.07) is 5.73. The summed E-state index contributed by atoms with van der Waals surface area (Å²) in [6.07, 6.45) is 0. The molecule has 1 amide bonds. The fourth-order valence-corrected chi connectivity index (χ4v) is 4.71. The van der Waals surface area contributed by atoms with E-state index >= 15 is 0 Å². The zero-order chi connectivity index (χ0) is 23.9. The number of aryl methyl sites for hydroxylation is 1. The molecule has 0 saturated carbocycles. The van der Waals surface area contributed by atoms with Gasteiger partial charge in [0.2, 0.25) is 18.6 Å². The van der Waals surface area contributed by atoms with Crippen LogP contribution in [0.5, 0.6) is 11.5 Å². The van der Waals surface area contributed by atoms with Crippen molar-refractivity contribution in [2.45, 2.75) is 0 Å². The first kappa shape index (κ1) is 21.9. The van der Waals surface area contributed by atoms with Crippen molar-refractivity contribution < 1.29 is 19.0 Å². The number of nitrogens with two attached hydrogens (primary N) is 1. The average molecular weight is 481 g/mol. The van der Waals surface area contributed by atoms with Crippen LogP contribution < -0.4 is 20.1 Å². The number of carbonyl (C=O) groups excluding carboxylic acids is 1. The highest BCUT2D eigenvalue weighted by atomic mass is 16.7. The summed E-state index contributed by atoms with van der Waals surface area (Å²) in [5.74, 6) is 2.65. The Balaban J connectivity index is 1.24. The van der Waals surface area contributed by atoms with E-state index in [0.717, 1.165) is 18.7 Å². The number of nitrogen functional groups attached to an aromatic ring is 1. The highest BCUT2D eigenvalue weighted by molar-refractivity contribution is 5.99. The van der Waals surface area contributed by atoms with E-state index in [1.54, 1.807) is 11.7 Å². The lowest BCUT2D eigenvalue weighted by molar-refractivity contribution is -0.136. The number of hydrogen-bond acceptors (Lipinski definition) is 10. The predicted octanol–water partition coefficient (Wildman–Crippen LogP) is 0.322. The Labute approximate surface area is 202 Å². The second kappa shape index (κ2) is 8.86. The molecular formula is C23H28N8O4. The molecule has 184 valence electrons. The summed E-state index contributed by atoms with van der Waals surface area (Å²) in [5.41, 5.74) is 8.46. The number of carbonyl (C=O) groups is 1. The summed E-state index contributed by atoms with van der Waals surface area (Å²) in [4.78, 5) is 28.5. The largest absolute Gasteiger partial charge is 0.454 e. The maximum absolute atomic E-state index is 12.6. The summed E-state index contributed by atoms with van der Waals surface area (Å²) in [6.45, 7) is 6.12. The van der Waals surface area contributed by atoms with Crippen LogP contribution >= 0.6 is 0 Å². The van der Waals surface area contributed by atoms with Crippen molar-refractivity contribution in [2.75, 3.05) is 76.5 Å². The number of morpholine rings is 1. The third kappa shape index (κ3) is 4.08. The van der Waals surface area contributed by atoms with E-state index in [2.05, 4.69) is 14.9 Å². The van der Waals surface area contributed by atoms with Crippen LogP contribution in [0.4, 0.5) is 11.8 Å². The lowest BCUT2D eigenvalue weighted by atomic mass is 10.1. The molecule has 0 aliphatic carbocycles. The molecule has 0 unspecified atom stereocenters. The molecule has 12 heteroatoms. The number of benzene rings is 1. The van der Waals surface area contributed by atoms with E-state index in [9.17, 15) is 4.79 Å². The molecule has 2 fully saturated rings. The first-order valence-corrected chi connectivity index (χ1v) is 11.8. The molecule has 35 heavy (non-hydrogen) atoms. The normalized spacial score (nSPS) is 18.4. The molecule has 12 nitrogen and oxygen atoms in total. The highest BCUT2D eigenvalue weighted by Crippen LogP contribution is 2.38. The van der Waals surface area contributed by atoms with Crippen LogP contribution in [0.2, 0.25) is 0 Å². The minimum absolute atomic E-state index is 0.161. The number of piperazine rings is 1. The number of fused-ring (bicyclic) bond motifs is 2. The molecule has 3 aliphatic rings. The van der Waals surface area contributed by atoms with Crippen molar-refractivity contribution in [1.29, 1.82) is 0 Å². The van der Waals surface area contributed by atoms with Gasteiger partial charge in [0.25, 0.3) is 0 Å². The monoisotopic (exact) mass is 480 g/mol. The Morgan fingerprint density at radius 1 is 1.03 bits per heavy atom. The molecule has 0 spiro atoms. The van der Waals surface area contributed by atoms with Gasteiger partial charge in [-0.1, -0.05) is 0 Å². The highest BCUT2D eigenvalue weighted by Gasteiger charge is 2.26. The zero-order valence-corrected chi connectivity index (χ0v) is 19.6. The van der Waals surface area contributed by atoms with Crippen LogP contribution in [0.25, 0.3) is 22.3 Å². The lowest BCUT2D eigenvalue weighted by Gasteiger charge is -2.36. The van der Waals surface area contributed by atoms with Crippen molar-refractivity contribution in [1.82, 2.24) is 29.5 Å². The van der Waals surface area contributed by atoms with Crippen molar-refractivity contribution in [3.63, 3.8) is 0 Å². The summed E-state index contributed by atoms with van der Waals surface area (Å²) >= 11 is 0. The van der Waals surface area contributed by atoms with Gasteiger partial charge in [-0.2, -0.15) is 10.1 Å². The van der Waals surface area contributed by atoms with Crippen molar-refractivity contribution in [3.8, 4) is 22.8 Å². The third-order valence-corrected chi connectivity index (χ3v) is 6.75. The molecule has 2 saturated heterocycles. The van der Waals surface area contributed by atoms with E-state index in [0.29, 0.717) is 85.9 Å². The topological polar surface area (TPSA) is 124 Å². The van der Waals surface area contributed by atoms with Gasteiger partial charge in [0.05, 0.1) is 30.8 Å². The number of amides is 1. The van der Waals surface area contributed by atoms with E-state index < -0.39 is 0 Å². The molecule has 2 aromatic heterocycles.